The van der Waals surface area contributed by atoms with Gasteiger partial charge in [-0.3, -0.25) is 14.4 Å². The maximum absolute atomic E-state index is 13.0. The summed E-state index contributed by atoms with van der Waals surface area (Å²) in [6.07, 6.45) is 5.21. The minimum Gasteiger partial charge on any atom is -0.480 e. The summed E-state index contributed by atoms with van der Waals surface area (Å²) >= 11 is 0. The zero-order chi connectivity index (χ0) is 28.1. The van der Waals surface area contributed by atoms with Crippen molar-refractivity contribution in [1.29, 1.82) is 0 Å². The monoisotopic (exact) mass is 531 g/mol. The fourth-order valence-corrected chi connectivity index (χ4v) is 4.08. The topological polar surface area (TPSA) is 218 Å². The van der Waals surface area contributed by atoms with Gasteiger partial charge in [0.15, 0.2) is 0 Å². The zero-order valence-electron chi connectivity index (χ0n) is 21.9. The van der Waals surface area contributed by atoms with Crippen LogP contribution in [0.4, 0.5) is 0 Å². The van der Waals surface area contributed by atoms with Crippen LogP contribution in [-0.4, -0.2) is 71.0 Å². The maximum atomic E-state index is 13.0. The first-order chi connectivity index (χ1) is 18.2. The van der Waals surface area contributed by atoms with E-state index in [0.717, 1.165) is 22.9 Å². The Hall–Kier alpha value is -3.48. The summed E-state index contributed by atoms with van der Waals surface area (Å²) in [4.78, 5) is 53.3. The van der Waals surface area contributed by atoms with Crippen molar-refractivity contribution >= 4 is 34.6 Å². The zero-order valence-corrected chi connectivity index (χ0v) is 21.9. The average Bonchev–Trinajstić information content (AvgIpc) is 3.30. The predicted molar refractivity (Wildman–Crippen MR) is 145 cm³/mol. The largest absolute Gasteiger partial charge is 0.480 e. The number of para-hydroxylation sites is 1. The average molecular weight is 532 g/mol. The SMILES string of the molecule is CC(NC(=O)C(CCCCN)NC(=O)C(N)CCCCN)C(=O)NC(Cc1c[nH]c2ccccc12)C(=O)O. The lowest BCUT2D eigenvalue weighted by molar-refractivity contribution is -0.142. The molecule has 0 fully saturated rings. The van der Waals surface area contributed by atoms with Crippen LogP contribution in [0.2, 0.25) is 0 Å². The van der Waals surface area contributed by atoms with Gasteiger partial charge in [0.25, 0.3) is 0 Å². The van der Waals surface area contributed by atoms with Gasteiger partial charge in [0.1, 0.15) is 18.1 Å². The molecule has 0 saturated heterocycles. The van der Waals surface area contributed by atoms with E-state index in [9.17, 15) is 24.3 Å². The van der Waals surface area contributed by atoms with Crippen LogP contribution < -0.4 is 33.2 Å². The van der Waals surface area contributed by atoms with Gasteiger partial charge in [0, 0.05) is 23.5 Å². The lowest BCUT2D eigenvalue weighted by atomic mass is 10.0. The summed E-state index contributed by atoms with van der Waals surface area (Å²) in [6, 6.07) is 3.52. The van der Waals surface area contributed by atoms with E-state index in [-0.39, 0.29) is 6.42 Å². The number of carbonyl (C=O) groups excluding carboxylic acids is 3. The smallest absolute Gasteiger partial charge is 0.326 e. The molecule has 1 aromatic heterocycles. The first-order valence-corrected chi connectivity index (χ1v) is 13.0. The van der Waals surface area contributed by atoms with Gasteiger partial charge in [-0.05, 0) is 63.7 Å². The van der Waals surface area contributed by atoms with Crippen molar-refractivity contribution in [2.24, 2.45) is 17.2 Å². The van der Waals surface area contributed by atoms with E-state index in [2.05, 4.69) is 20.9 Å². The number of amides is 3. The van der Waals surface area contributed by atoms with E-state index in [4.69, 9.17) is 17.2 Å². The molecule has 3 amide bonds. The number of hydrogen-bond acceptors (Lipinski definition) is 7. The Morgan fingerprint density at radius 1 is 0.868 bits per heavy atom. The van der Waals surface area contributed by atoms with Crippen molar-refractivity contribution in [3.05, 3.63) is 36.0 Å². The van der Waals surface area contributed by atoms with Gasteiger partial charge in [-0.1, -0.05) is 24.6 Å². The molecule has 0 aliphatic carbocycles. The number of hydrogen-bond donors (Lipinski definition) is 8. The Balaban J connectivity index is 2.00. The van der Waals surface area contributed by atoms with Crippen molar-refractivity contribution in [3.8, 4) is 0 Å². The number of unbranched alkanes of at least 4 members (excludes halogenated alkanes) is 2. The van der Waals surface area contributed by atoms with Gasteiger partial charge < -0.3 is 43.2 Å². The number of aliphatic carboxylic acids is 1. The van der Waals surface area contributed by atoms with Crippen LogP contribution in [0.5, 0.6) is 0 Å². The molecule has 0 spiro atoms. The van der Waals surface area contributed by atoms with E-state index >= 15 is 0 Å². The number of carbonyl (C=O) groups is 4. The molecule has 0 saturated carbocycles. The third-order valence-corrected chi connectivity index (χ3v) is 6.35. The number of nitrogens with one attached hydrogen (secondary N) is 4. The van der Waals surface area contributed by atoms with Crippen LogP contribution in [0.3, 0.4) is 0 Å². The van der Waals surface area contributed by atoms with Gasteiger partial charge in [-0.15, -0.1) is 0 Å². The molecule has 0 aliphatic heterocycles. The molecule has 2 aromatic rings. The van der Waals surface area contributed by atoms with Crippen LogP contribution in [0.15, 0.2) is 30.5 Å². The molecule has 0 bridgehead atoms. The van der Waals surface area contributed by atoms with Gasteiger partial charge in [0.2, 0.25) is 17.7 Å². The van der Waals surface area contributed by atoms with Crippen molar-refractivity contribution in [2.75, 3.05) is 13.1 Å². The number of carboxylic acids is 1. The first-order valence-electron chi connectivity index (χ1n) is 13.0. The number of rotatable bonds is 17. The maximum Gasteiger partial charge on any atom is 0.326 e. The minimum absolute atomic E-state index is 0.0611. The van der Waals surface area contributed by atoms with Crippen LogP contribution >= 0.6 is 0 Å². The van der Waals surface area contributed by atoms with E-state index in [1.54, 1.807) is 6.20 Å². The summed E-state index contributed by atoms with van der Waals surface area (Å²) in [5.74, 6) is -2.87. The molecule has 12 heteroatoms. The van der Waals surface area contributed by atoms with E-state index in [1.165, 1.54) is 6.92 Å². The lowest BCUT2D eigenvalue weighted by Crippen LogP contribution is -2.56. The fraction of sp³-hybridized carbons (Fsp3) is 0.538. The number of nitrogens with two attached hydrogens (primary N) is 3. The second-order valence-electron chi connectivity index (χ2n) is 9.43. The molecule has 1 heterocycles. The standard InChI is InChI=1S/C26H41N7O5/c1-16(23(34)33-22(26(37)38)14-17-15-30-20-10-3-2-8-18(17)20)31-25(36)21(11-5-7-13-28)32-24(35)19(29)9-4-6-12-27/h2-3,8,10,15-16,19,21-22,30H,4-7,9,11-14,27-29H2,1H3,(H,31,36)(H,32,35)(H,33,34)(H,37,38). The number of aromatic nitrogens is 1. The Bertz CT molecular complexity index is 1070. The Morgan fingerprint density at radius 3 is 2.16 bits per heavy atom. The molecular formula is C26H41N7O5. The summed E-state index contributed by atoms with van der Waals surface area (Å²) in [5, 5.41) is 18.3. The van der Waals surface area contributed by atoms with Crippen LogP contribution in [0, 0.1) is 0 Å². The number of aromatic amines is 1. The highest BCUT2D eigenvalue weighted by Crippen LogP contribution is 2.19. The van der Waals surface area contributed by atoms with Crippen molar-refractivity contribution in [2.45, 2.75) is 76.0 Å². The molecule has 0 aliphatic rings. The van der Waals surface area contributed by atoms with Gasteiger partial charge in [0.05, 0.1) is 6.04 Å². The van der Waals surface area contributed by atoms with E-state index in [1.807, 2.05) is 24.3 Å². The normalized spacial score (nSPS) is 14.3. The summed E-state index contributed by atoms with van der Waals surface area (Å²) in [5.41, 5.74) is 18.6. The van der Waals surface area contributed by atoms with Crippen LogP contribution in [0.25, 0.3) is 10.9 Å². The quantitative estimate of drug-likeness (QED) is 0.128. The molecule has 1 aromatic carbocycles. The highest BCUT2D eigenvalue weighted by Gasteiger charge is 2.28. The fourth-order valence-electron chi connectivity index (χ4n) is 4.08. The Morgan fingerprint density at radius 2 is 1.50 bits per heavy atom. The number of benzene rings is 1. The molecule has 4 unspecified atom stereocenters. The molecule has 38 heavy (non-hydrogen) atoms. The molecule has 2 rings (SSSR count). The second-order valence-corrected chi connectivity index (χ2v) is 9.43. The molecule has 12 nitrogen and oxygen atoms in total. The van der Waals surface area contributed by atoms with Gasteiger partial charge in [-0.2, -0.15) is 0 Å². The molecule has 0 radical (unpaired) electrons. The minimum atomic E-state index is -1.20. The van der Waals surface area contributed by atoms with Gasteiger partial charge >= 0.3 is 5.97 Å². The van der Waals surface area contributed by atoms with Crippen LogP contribution in [0.1, 0.15) is 51.0 Å². The number of fused-ring (bicyclic) bond motifs is 1. The van der Waals surface area contributed by atoms with Crippen LogP contribution in [-0.2, 0) is 25.6 Å². The molecule has 4 atom stereocenters. The third kappa shape index (κ3) is 9.43. The molecular weight excluding hydrogens is 490 g/mol. The summed E-state index contributed by atoms with van der Waals surface area (Å²) < 4.78 is 0. The Kier molecular flexibility index (Phi) is 12.7. The summed E-state index contributed by atoms with van der Waals surface area (Å²) in [6.45, 7) is 2.39. The number of carboxylic acid groups (broad SMARTS) is 1. The third-order valence-electron chi connectivity index (χ3n) is 6.35. The first kappa shape index (κ1) is 30.7. The highest BCUT2D eigenvalue weighted by molar-refractivity contribution is 5.94. The molecule has 11 N–H and O–H groups in total. The highest BCUT2D eigenvalue weighted by atomic mass is 16.4. The van der Waals surface area contributed by atoms with Crippen molar-refractivity contribution < 1.29 is 24.3 Å². The van der Waals surface area contributed by atoms with E-state index < -0.39 is 47.9 Å². The second kappa shape index (κ2) is 15.7. The molecule has 210 valence electrons. The number of H-pyrrole nitrogens is 1. The van der Waals surface area contributed by atoms with E-state index in [0.29, 0.717) is 45.2 Å². The lowest BCUT2D eigenvalue weighted by Gasteiger charge is -2.23. The predicted octanol–water partition coefficient (Wildman–Crippen LogP) is -0.145. The Labute approximate surface area is 222 Å². The van der Waals surface area contributed by atoms with Gasteiger partial charge in [-0.25, -0.2) is 4.79 Å². The van der Waals surface area contributed by atoms with Crippen molar-refractivity contribution in [3.63, 3.8) is 0 Å². The van der Waals surface area contributed by atoms with Crippen molar-refractivity contribution in [1.82, 2.24) is 20.9 Å². The summed E-state index contributed by atoms with van der Waals surface area (Å²) in [7, 11) is 0.